The highest BCUT2D eigenvalue weighted by Crippen LogP contribution is 2.16. The fraction of sp³-hybridized carbons (Fsp3) is 0.348. The number of rotatable bonds is 5. The van der Waals surface area contributed by atoms with Crippen LogP contribution in [0.3, 0.4) is 0 Å². The third kappa shape index (κ3) is 5.32. The van der Waals surface area contributed by atoms with Crippen LogP contribution in [0.2, 0.25) is 0 Å². The summed E-state index contributed by atoms with van der Waals surface area (Å²) >= 11 is 0. The lowest BCUT2D eigenvalue weighted by molar-refractivity contribution is 0.143. The van der Waals surface area contributed by atoms with Gasteiger partial charge in [-0.3, -0.25) is 4.90 Å². The first-order valence-corrected chi connectivity index (χ1v) is 10.4. The Labute approximate surface area is 181 Å². The zero-order chi connectivity index (χ0) is 21.6. The number of urea groups is 1. The summed E-state index contributed by atoms with van der Waals surface area (Å²) in [6.45, 7) is 5.19. The molecule has 160 valence electrons. The third-order valence-electron chi connectivity index (χ3n) is 5.55. The van der Waals surface area contributed by atoms with Crippen LogP contribution >= 0.6 is 0 Å². The van der Waals surface area contributed by atoms with E-state index >= 15 is 0 Å². The number of anilines is 1. The predicted molar refractivity (Wildman–Crippen MR) is 115 cm³/mol. The van der Waals surface area contributed by atoms with Crippen molar-refractivity contribution in [1.82, 2.24) is 14.7 Å². The Morgan fingerprint density at radius 3 is 2.45 bits per heavy atom. The van der Waals surface area contributed by atoms with Crippen LogP contribution < -0.4 is 5.32 Å². The second-order valence-electron chi connectivity index (χ2n) is 7.74. The third-order valence-corrected chi connectivity index (χ3v) is 5.55. The smallest absolute Gasteiger partial charge is 0.410 e. The molecule has 31 heavy (non-hydrogen) atoms. The van der Waals surface area contributed by atoms with Crippen LogP contribution in [-0.2, 0) is 17.8 Å². The molecule has 0 atom stereocenters. The molecule has 0 spiro atoms. The molecule has 2 aliphatic heterocycles. The highest BCUT2D eigenvalue weighted by molar-refractivity contribution is 5.89. The number of carbonyl (C=O) groups is 2. The first-order valence-electron chi connectivity index (χ1n) is 10.4. The summed E-state index contributed by atoms with van der Waals surface area (Å²) in [6, 6.07) is 17.2. The predicted octanol–water partition coefficient (Wildman–Crippen LogP) is 2.86. The summed E-state index contributed by atoms with van der Waals surface area (Å²) in [7, 11) is 0. The monoisotopic (exact) mass is 419 g/mol. The van der Waals surface area contributed by atoms with Crippen molar-refractivity contribution in [3.63, 3.8) is 0 Å². The molecule has 0 saturated carbocycles. The molecule has 1 N–H and O–H groups in total. The maximum absolute atomic E-state index is 12.7. The topological polar surface area (TPSA) is 88.9 Å². The van der Waals surface area contributed by atoms with E-state index in [4.69, 9.17) is 10.00 Å². The largest absolute Gasteiger partial charge is 0.448 e. The maximum atomic E-state index is 12.7. The first-order chi connectivity index (χ1) is 15.1. The van der Waals surface area contributed by atoms with Crippen LogP contribution in [0.5, 0.6) is 0 Å². The lowest BCUT2D eigenvalue weighted by Gasteiger charge is -2.34. The number of nitrogens with zero attached hydrogens (tertiary/aromatic N) is 4. The molecule has 2 aliphatic rings. The summed E-state index contributed by atoms with van der Waals surface area (Å²) in [5.41, 5.74) is 3.49. The van der Waals surface area contributed by atoms with Gasteiger partial charge < -0.3 is 19.9 Å². The Bertz CT molecular complexity index is 977. The van der Waals surface area contributed by atoms with Crippen molar-refractivity contribution < 1.29 is 14.3 Å². The van der Waals surface area contributed by atoms with E-state index in [9.17, 15) is 9.59 Å². The summed E-state index contributed by atoms with van der Waals surface area (Å²) in [5, 5.41) is 11.9. The number of ether oxygens (including phenoxy) is 1. The number of amides is 3. The number of nitriles is 1. The van der Waals surface area contributed by atoms with Gasteiger partial charge in [-0.2, -0.15) is 5.26 Å². The Morgan fingerprint density at radius 1 is 1.00 bits per heavy atom. The quantitative estimate of drug-likeness (QED) is 0.805. The fourth-order valence-corrected chi connectivity index (χ4v) is 3.79. The Balaban J connectivity index is 1.26. The van der Waals surface area contributed by atoms with Crippen LogP contribution in [0.1, 0.15) is 16.7 Å². The van der Waals surface area contributed by atoms with Gasteiger partial charge >= 0.3 is 12.1 Å². The van der Waals surface area contributed by atoms with Crippen LogP contribution in [0.15, 0.2) is 48.5 Å². The van der Waals surface area contributed by atoms with E-state index in [1.54, 1.807) is 4.90 Å². The lowest BCUT2D eigenvalue weighted by Crippen LogP contribution is -2.49. The maximum Gasteiger partial charge on any atom is 0.410 e. The number of cyclic esters (lactones) is 1. The number of piperazine rings is 1. The number of benzene rings is 2. The van der Waals surface area contributed by atoms with Crippen molar-refractivity contribution in [2.75, 3.05) is 44.6 Å². The standard InChI is InChI=1S/C23H25N5O3/c24-15-18-4-6-19(7-5-18)16-26-8-10-27(11-9-26)22(29)25-21-3-1-2-20(14-21)17-28-12-13-31-23(28)30/h1-7,14H,8-13,16-17H2,(H,25,29). The summed E-state index contributed by atoms with van der Waals surface area (Å²) in [5.74, 6) is 0. The van der Waals surface area contributed by atoms with Crippen LogP contribution in [0, 0.1) is 11.3 Å². The first kappa shape index (κ1) is 20.7. The van der Waals surface area contributed by atoms with E-state index in [1.807, 2.05) is 53.4 Å². The Morgan fingerprint density at radius 2 is 1.77 bits per heavy atom. The van der Waals surface area contributed by atoms with E-state index in [1.165, 1.54) is 0 Å². The Hall–Kier alpha value is -3.57. The highest BCUT2D eigenvalue weighted by Gasteiger charge is 2.23. The SMILES string of the molecule is N#Cc1ccc(CN2CCN(C(=O)Nc3cccc(CN4CCOC4=O)c3)CC2)cc1. The summed E-state index contributed by atoms with van der Waals surface area (Å²) in [4.78, 5) is 30.1. The molecule has 0 aliphatic carbocycles. The molecular weight excluding hydrogens is 394 g/mol. The van der Waals surface area contributed by atoms with Gasteiger partial charge in [-0.05, 0) is 35.4 Å². The fourth-order valence-electron chi connectivity index (χ4n) is 3.79. The molecule has 2 heterocycles. The molecule has 0 aromatic heterocycles. The summed E-state index contributed by atoms with van der Waals surface area (Å²) in [6.07, 6.45) is -0.298. The van der Waals surface area contributed by atoms with Gasteiger partial charge in [0.05, 0.1) is 18.2 Å². The van der Waals surface area contributed by atoms with Gasteiger partial charge in [0.2, 0.25) is 0 Å². The minimum atomic E-state index is -0.298. The van der Waals surface area contributed by atoms with Gasteiger partial charge in [-0.1, -0.05) is 24.3 Å². The van der Waals surface area contributed by atoms with Crippen molar-refractivity contribution in [2.45, 2.75) is 13.1 Å². The van der Waals surface area contributed by atoms with Gasteiger partial charge in [-0.25, -0.2) is 9.59 Å². The van der Waals surface area contributed by atoms with Crippen molar-refractivity contribution in [3.05, 3.63) is 65.2 Å². The minimum absolute atomic E-state index is 0.115. The molecular formula is C23H25N5O3. The van der Waals surface area contributed by atoms with E-state index in [0.717, 1.165) is 36.4 Å². The van der Waals surface area contributed by atoms with Crippen molar-refractivity contribution in [1.29, 1.82) is 5.26 Å². The van der Waals surface area contributed by atoms with E-state index in [-0.39, 0.29) is 12.1 Å². The minimum Gasteiger partial charge on any atom is -0.448 e. The van der Waals surface area contributed by atoms with E-state index in [0.29, 0.717) is 38.3 Å². The number of hydrogen-bond donors (Lipinski definition) is 1. The van der Waals surface area contributed by atoms with Crippen molar-refractivity contribution in [3.8, 4) is 6.07 Å². The molecule has 0 bridgehead atoms. The van der Waals surface area contributed by atoms with E-state index in [2.05, 4.69) is 16.3 Å². The molecule has 0 unspecified atom stereocenters. The molecule has 8 nitrogen and oxygen atoms in total. The Kier molecular flexibility index (Phi) is 6.34. The number of hydrogen-bond acceptors (Lipinski definition) is 5. The van der Waals surface area contributed by atoms with Crippen LogP contribution in [0.4, 0.5) is 15.3 Å². The van der Waals surface area contributed by atoms with E-state index < -0.39 is 0 Å². The lowest BCUT2D eigenvalue weighted by atomic mass is 10.1. The summed E-state index contributed by atoms with van der Waals surface area (Å²) < 4.78 is 4.96. The van der Waals surface area contributed by atoms with Crippen LogP contribution in [-0.4, -0.2) is 66.2 Å². The van der Waals surface area contributed by atoms with Crippen LogP contribution in [0.25, 0.3) is 0 Å². The number of nitrogens with one attached hydrogen (secondary N) is 1. The molecule has 2 aromatic rings. The second kappa shape index (κ2) is 9.49. The normalized spacial score (nSPS) is 16.7. The molecule has 4 rings (SSSR count). The molecule has 8 heteroatoms. The van der Waals surface area contributed by atoms with Gasteiger partial charge in [0.25, 0.3) is 0 Å². The van der Waals surface area contributed by atoms with Gasteiger partial charge in [0.1, 0.15) is 6.61 Å². The second-order valence-corrected chi connectivity index (χ2v) is 7.74. The van der Waals surface area contributed by atoms with Gasteiger partial charge in [-0.15, -0.1) is 0 Å². The molecule has 2 fully saturated rings. The average molecular weight is 419 g/mol. The molecule has 2 aromatic carbocycles. The van der Waals surface area contributed by atoms with Crippen molar-refractivity contribution >= 4 is 17.8 Å². The zero-order valence-corrected chi connectivity index (χ0v) is 17.3. The molecule has 2 saturated heterocycles. The molecule has 0 radical (unpaired) electrons. The molecule has 3 amide bonds. The van der Waals surface area contributed by atoms with Gasteiger partial charge in [0.15, 0.2) is 0 Å². The highest BCUT2D eigenvalue weighted by atomic mass is 16.6. The van der Waals surface area contributed by atoms with Crippen molar-refractivity contribution in [2.24, 2.45) is 0 Å². The average Bonchev–Trinajstić information content (AvgIpc) is 3.19. The number of carbonyl (C=O) groups excluding carboxylic acids is 2. The van der Waals surface area contributed by atoms with Gasteiger partial charge in [0, 0.05) is 45.0 Å². The zero-order valence-electron chi connectivity index (χ0n) is 17.3.